The third kappa shape index (κ3) is 9.25. The summed E-state index contributed by atoms with van der Waals surface area (Å²) in [4.78, 5) is 51.3. The number of nitrogens with one attached hydrogen (secondary N) is 2. The Morgan fingerprint density at radius 3 is 2.76 bits per heavy atom. The standard InChI is InChI=1S/C35H50N6O4/c1-27(42)41-19-7-10-29(26-41)31-25-36-24-30(39-31)12-13-33(43)37-17-22-40-20-15-35(16-21-40)14-6-2-3-8-28-9-4-5-11-32(28)45-23-18-38-34(35)44/h4-5,9,11,24-25,29H,2-3,6-8,10,12-23,26H2,1H3,(H,37,43)(H,38,44). The minimum atomic E-state index is -0.321. The van der Waals surface area contributed by atoms with Crippen molar-refractivity contribution in [2.75, 3.05) is 52.4 Å². The van der Waals surface area contributed by atoms with Crippen LogP contribution in [-0.4, -0.2) is 89.9 Å². The van der Waals surface area contributed by atoms with E-state index in [1.165, 1.54) is 5.56 Å². The summed E-state index contributed by atoms with van der Waals surface area (Å²) in [6.45, 7) is 7.17. The predicted molar refractivity (Wildman–Crippen MR) is 173 cm³/mol. The molecule has 1 aromatic heterocycles. The number of carbonyl (C=O) groups is 3. The molecule has 244 valence electrons. The number of amides is 3. The molecule has 0 bridgehead atoms. The average Bonchev–Trinajstić information content (AvgIpc) is 3.07. The largest absolute Gasteiger partial charge is 0.491 e. The van der Waals surface area contributed by atoms with Crippen LogP contribution < -0.4 is 15.4 Å². The second-order valence-electron chi connectivity index (χ2n) is 13.0. The minimum absolute atomic E-state index is 0.00934. The van der Waals surface area contributed by atoms with Gasteiger partial charge in [0, 0.05) is 57.8 Å². The molecule has 1 aromatic carbocycles. The summed E-state index contributed by atoms with van der Waals surface area (Å²) < 4.78 is 6.01. The Hall–Kier alpha value is -3.53. The zero-order chi connectivity index (χ0) is 31.5. The summed E-state index contributed by atoms with van der Waals surface area (Å²) in [5.41, 5.74) is 2.65. The molecular weight excluding hydrogens is 568 g/mol. The van der Waals surface area contributed by atoms with Gasteiger partial charge in [-0.3, -0.25) is 24.4 Å². The molecule has 1 atom stereocenters. The van der Waals surface area contributed by atoms with Crippen molar-refractivity contribution in [3.63, 3.8) is 0 Å². The Balaban J connectivity index is 1.03. The van der Waals surface area contributed by atoms with Crippen molar-refractivity contribution < 1.29 is 19.1 Å². The van der Waals surface area contributed by atoms with Crippen LogP contribution in [0.4, 0.5) is 0 Å². The Kier molecular flexibility index (Phi) is 11.8. The van der Waals surface area contributed by atoms with Crippen LogP contribution in [0.5, 0.6) is 5.75 Å². The first-order chi connectivity index (χ1) is 21.9. The first kappa shape index (κ1) is 32.9. The third-order valence-electron chi connectivity index (χ3n) is 9.86. The second kappa shape index (κ2) is 16.2. The molecule has 2 N–H and O–H groups in total. The molecular formula is C35H50N6O4. The van der Waals surface area contributed by atoms with Gasteiger partial charge in [-0.1, -0.05) is 31.0 Å². The number of carbonyl (C=O) groups excluding carboxylic acids is 3. The normalized spacial score (nSPS) is 21.3. The lowest BCUT2D eigenvalue weighted by atomic mass is 9.73. The SMILES string of the molecule is CC(=O)N1CCCC(c2cncc(CCC(=O)NCCN3CCC4(CCCCCc5ccccc5OCCNC4=O)CC3)n2)C1. The summed E-state index contributed by atoms with van der Waals surface area (Å²) >= 11 is 0. The second-order valence-corrected chi connectivity index (χ2v) is 13.0. The lowest BCUT2D eigenvalue weighted by Crippen LogP contribution is -2.50. The van der Waals surface area contributed by atoms with E-state index >= 15 is 0 Å². The van der Waals surface area contributed by atoms with Gasteiger partial charge in [0.05, 0.1) is 23.3 Å². The molecule has 10 heteroatoms. The zero-order valence-electron chi connectivity index (χ0n) is 26.9. The molecule has 3 amide bonds. The molecule has 1 unspecified atom stereocenters. The smallest absolute Gasteiger partial charge is 0.226 e. The van der Waals surface area contributed by atoms with Crippen LogP contribution in [0.1, 0.15) is 87.6 Å². The lowest BCUT2D eigenvalue weighted by molar-refractivity contribution is -0.134. The number of hydrogen-bond donors (Lipinski definition) is 2. The maximum absolute atomic E-state index is 13.4. The van der Waals surface area contributed by atoms with E-state index in [0.717, 1.165) is 101 Å². The lowest BCUT2D eigenvalue weighted by Gasteiger charge is -2.41. The summed E-state index contributed by atoms with van der Waals surface area (Å²) in [5, 5.41) is 6.25. The fourth-order valence-electron chi connectivity index (χ4n) is 7.04. The average molecular weight is 619 g/mol. The number of likely N-dealkylation sites (tertiary alicyclic amines) is 2. The molecule has 2 aromatic rings. The van der Waals surface area contributed by atoms with E-state index in [-0.39, 0.29) is 29.1 Å². The fraction of sp³-hybridized carbons (Fsp3) is 0.629. The van der Waals surface area contributed by atoms with Crippen molar-refractivity contribution in [1.82, 2.24) is 30.4 Å². The van der Waals surface area contributed by atoms with Crippen molar-refractivity contribution >= 4 is 17.7 Å². The predicted octanol–water partition coefficient (Wildman–Crippen LogP) is 3.65. The molecule has 4 heterocycles. The van der Waals surface area contributed by atoms with Gasteiger partial charge in [-0.2, -0.15) is 0 Å². The highest BCUT2D eigenvalue weighted by atomic mass is 16.5. The zero-order valence-corrected chi connectivity index (χ0v) is 26.9. The van der Waals surface area contributed by atoms with E-state index in [1.807, 2.05) is 17.0 Å². The van der Waals surface area contributed by atoms with Crippen LogP contribution >= 0.6 is 0 Å². The van der Waals surface area contributed by atoms with Gasteiger partial charge in [0.1, 0.15) is 12.4 Å². The molecule has 2 fully saturated rings. The van der Waals surface area contributed by atoms with E-state index in [4.69, 9.17) is 9.72 Å². The van der Waals surface area contributed by atoms with Crippen molar-refractivity contribution in [1.29, 1.82) is 0 Å². The number of fused-ring (bicyclic) bond motifs is 1. The number of aromatic nitrogens is 2. The Labute approximate surface area is 267 Å². The Bertz CT molecular complexity index is 1290. The van der Waals surface area contributed by atoms with Crippen LogP contribution in [0.25, 0.3) is 0 Å². The minimum Gasteiger partial charge on any atom is -0.491 e. The maximum atomic E-state index is 13.4. The third-order valence-corrected chi connectivity index (χ3v) is 9.86. The van der Waals surface area contributed by atoms with Gasteiger partial charge in [0.15, 0.2) is 0 Å². The number of piperidine rings is 2. The van der Waals surface area contributed by atoms with Gasteiger partial charge in [0.25, 0.3) is 0 Å². The van der Waals surface area contributed by atoms with Crippen LogP contribution in [0.2, 0.25) is 0 Å². The monoisotopic (exact) mass is 618 g/mol. The quantitative estimate of drug-likeness (QED) is 0.487. The highest BCUT2D eigenvalue weighted by Crippen LogP contribution is 2.37. The summed E-state index contributed by atoms with van der Waals surface area (Å²) in [6.07, 6.45) is 13.3. The number of hydrogen-bond acceptors (Lipinski definition) is 7. The van der Waals surface area contributed by atoms with E-state index in [2.05, 4.69) is 32.7 Å². The molecule has 0 saturated carbocycles. The number of nitrogens with zero attached hydrogens (tertiary/aromatic N) is 4. The summed E-state index contributed by atoms with van der Waals surface area (Å²) in [5.74, 6) is 1.40. The molecule has 0 aliphatic carbocycles. The highest BCUT2D eigenvalue weighted by molar-refractivity contribution is 5.82. The van der Waals surface area contributed by atoms with Crippen molar-refractivity contribution in [2.45, 2.75) is 83.5 Å². The van der Waals surface area contributed by atoms with Crippen molar-refractivity contribution in [3.05, 3.63) is 53.6 Å². The summed E-state index contributed by atoms with van der Waals surface area (Å²) in [6, 6.07) is 8.23. The van der Waals surface area contributed by atoms with Crippen molar-refractivity contribution in [3.8, 4) is 5.75 Å². The number of para-hydroxylation sites is 1. The molecule has 3 aliphatic rings. The summed E-state index contributed by atoms with van der Waals surface area (Å²) in [7, 11) is 0. The van der Waals surface area contributed by atoms with E-state index in [0.29, 0.717) is 39.1 Å². The molecule has 5 rings (SSSR count). The first-order valence-corrected chi connectivity index (χ1v) is 17.0. The Morgan fingerprint density at radius 1 is 1.07 bits per heavy atom. The highest BCUT2D eigenvalue weighted by Gasteiger charge is 2.40. The van der Waals surface area contributed by atoms with Crippen LogP contribution in [0, 0.1) is 5.41 Å². The van der Waals surface area contributed by atoms with Crippen LogP contribution in [0.3, 0.4) is 0 Å². The molecule has 1 spiro atoms. The maximum Gasteiger partial charge on any atom is 0.226 e. The topological polar surface area (TPSA) is 117 Å². The Morgan fingerprint density at radius 2 is 1.91 bits per heavy atom. The molecule has 2 saturated heterocycles. The van der Waals surface area contributed by atoms with E-state index in [9.17, 15) is 14.4 Å². The van der Waals surface area contributed by atoms with E-state index < -0.39 is 0 Å². The van der Waals surface area contributed by atoms with Crippen LogP contribution in [-0.2, 0) is 27.2 Å². The number of ether oxygens (including phenoxy) is 1. The molecule has 3 aliphatic heterocycles. The molecule has 0 radical (unpaired) electrons. The first-order valence-electron chi connectivity index (χ1n) is 17.0. The van der Waals surface area contributed by atoms with Gasteiger partial charge in [-0.15, -0.1) is 0 Å². The van der Waals surface area contributed by atoms with E-state index in [1.54, 1.807) is 19.3 Å². The number of benzene rings is 1. The van der Waals surface area contributed by atoms with Gasteiger partial charge in [-0.25, -0.2) is 0 Å². The molecule has 10 nitrogen and oxygen atoms in total. The number of rotatable bonds is 7. The van der Waals surface area contributed by atoms with Crippen LogP contribution in [0.15, 0.2) is 36.7 Å². The molecule has 45 heavy (non-hydrogen) atoms. The fourth-order valence-corrected chi connectivity index (χ4v) is 7.04. The van der Waals surface area contributed by atoms with Gasteiger partial charge >= 0.3 is 0 Å². The van der Waals surface area contributed by atoms with Crippen molar-refractivity contribution in [2.24, 2.45) is 5.41 Å². The number of aryl methyl sites for hydroxylation is 2. The van der Waals surface area contributed by atoms with Gasteiger partial charge in [0.2, 0.25) is 17.7 Å². The van der Waals surface area contributed by atoms with Gasteiger partial charge < -0.3 is 25.2 Å². The van der Waals surface area contributed by atoms with Gasteiger partial charge in [-0.05, 0) is 76.1 Å².